The topological polar surface area (TPSA) is 20.2 Å². The molecule has 0 bridgehead atoms. The molecule has 0 spiro atoms. The predicted molar refractivity (Wildman–Crippen MR) is 105 cm³/mol. The van der Waals surface area contributed by atoms with Crippen LogP contribution in [0.1, 0.15) is 0 Å². The molecule has 24 heavy (non-hydrogen) atoms. The number of rotatable bonds is 6. The van der Waals surface area contributed by atoms with Gasteiger partial charge in [0.1, 0.15) is 0 Å². The Balaban J connectivity index is 2.26. The Bertz CT molecular complexity index is 670. The van der Waals surface area contributed by atoms with E-state index in [2.05, 4.69) is 97.1 Å². The molecule has 3 rings (SSSR count). The van der Waals surface area contributed by atoms with Crippen LogP contribution in [0.2, 0.25) is 5.21 Å². The molecule has 3 aromatic carbocycles. The van der Waals surface area contributed by atoms with Crippen molar-refractivity contribution >= 4 is 26.6 Å². The molecule has 0 aliphatic carbocycles. The number of allylic oxidation sites excluding steroid dienone is 1. The van der Waals surface area contributed by atoms with Gasteiger partial charge in [-0.3, -0.25) is 0 Å². The van der Waals surface area contributed by atoms with Gasteiger partial charge >= 0.3 is 147 Å². The quantitative estimate of drug-likeness (QED) is 0.517. The molecule has 2 heteroatoms. The van der Waals surface area contributed by atoms with E-state index < -0.39 is 13.6 Å². The number of aliphatic hydroxyl groups excluding tert-OH is 1. The van der Waals surface area contributed by atoms with Gasteiger partial charge in [-0.1, -0.05) is 0 Å². The van der Waals surface area contributed by atoms with Crippen LogP contribution in [-0.4, -0.2) is 25.3 Å². The van der Waals surface area contributed by atoms with E-state index in [-0.39, 0.29) is 6.61 Å². The van der Waals surface area contributed by atoms with Gasteiger partial charge in [0, 0.05) is 0 Å². The van der Waals surface area contributed by atoms with Gasteiger partial charge in [-0.05, 0) is 0 Å². The van der Waals surface area contributed by atoms with Crippen LogP contribution in [0.4, 0.5) is 0 Å². The van der Waals surface area contributed by atoms with E-state index in [1.807, 2.05) is 6.08 Å². The molecule has 120 valence electrons. The molecule has 0 saturated carbocycles. The second-order valence-corrected chi connectivity index (χ2v) is 13.1. The number of benzene rings is 3. The summed E-state index contributed by atoms with van der Waals surface area (Å²) in [5.41, 5.74) is 0. The van der Waals surface area contributed by atoms with Gasteiger partial charge in [0.2, 0.25) is 0 Å². The summed E-state index contributed by atoms with van der Waals surface area (Å²) in [4.78, 5) is 0. The average Bonchev–Trinajstić information content (AvgIpc) is 2.68. The molecule has 0 aliphatic heterocycles. The van der Waals surface area contributed by atoms with Crippen molar-refractivity contribution in [2.75, 3.05) is 6.61 Å². The molecule has 0 unspecified atom stereocenters. The first-order chi connectivity index (χ1) is 11.9. The van der Waals surface area contributed by atoms with Crippen molar-refractivity contribution in [2.45, 2.75) is 5.21 Å². The molecule has 0 aromatic heterocycles. The van der Waals surface area contributed by atoms with Crippen molar-refractivity contribution in [3.05, 3.63) is 103 Å². The van der Waals surface area contributed by atoms with Gasteiger partial charge in [0.05, 0.1) is 0 Å². The molecular weight excluding hydrogens is 355 g/mol. The van der Waals surface area contributed by atoms with Crippen LogP contribution >= 0.6 is 0 Å². The number of hydrogen-bond acceptors (Lipinski definition) is 1. The Morgan fingerprint density at radius 1 is 0.583 bits per heavy atom. The monoisotopic (exact) mass is 377 g/mol. The first kappa shape index (κ1) is 16.8. The van der Waals surface area contributed by atoms with E-state index in [1.165, 1.54) is 13.1 Å². The van der Waals surface area contributed by atoms with Crippen molar-refractivity contribution in [3.8, 4) is 0 Å². The van der Waals surface area contributed by atoms with E-state index in [1.54, 1.807) is 0 Å². The summed E-state index contributed by atoms with van der Waals surface area (Å²) >= 11 is -2.61. The van der Waals surface area contributed by atoms with Crippen molar-refractivity contribution in [1.29, 1.82) is 0 Å². The zero-order valence-electron chi connectivity index (χ0n) is 13.6. The molecule has 0 fully saturated rings. The molecule has 0 saturated heterocycles. The van der Waals surface area contributed by atoms with Gasteiger partial charge in [-0.25, -0.2) is 0 Å². The van der Waals surface area contributed by atoms with E-state index in [9.17, 15) is 5.11 Å². The van der Waals surface area contributed by atoms with Crippen molar-refractivity contribution in [1.82, 2.24) is 0 Å². The standard InChI is InChI=1S/C22H22AsO/c24-19-11-10-18-23(20-12-4-1-5-13-20,21-14-6-2-7-15-21)22-16-8-3-9-17-22/h1-17,24H,18-19H2/q+1/b11-10-. The molecule has 3 aromatic rings. The van der Waals surface area contributed by atoms with Crippen molar-refractivity contribution in [2.24, 2.45) is 0 Å². The third kappa shape index (κ3) is 3.38. The Hall–Kier alpha value is -2.08. The van der Waals surface area contributed by atoms with Crippen LogP contribution in [0.15, 0.2) is 103 Å². The normalized spacial score (nSPS) is 11.7. The molecular formula is C22H22AsO+. The van der Waals surface area contributed by atoms with Gasteiger partial charge in [0.15, 0.2) is 0 Å². The molecule has 0 atom stereocenters. The summed E-state index contributed by atoms with van der Waals surface area (Å²) in [5.74, 6) is 0. The van der Waals surface area contributed by atoms with Gasteiger partial charge < -0.3 is 0 Å². The van der Waals surface area contributed by atoms with E-state index in [0.717, 1.165) is 5.21 Å². The van der Waals surface area contributed by atoms with Crippen LogP contribution in [-0.2, 0) is 0 Å². The summed E-state index contributed by atoms with van der Waals surface area (Å²) in [7, 11) is 0. The summed E-state index contributed by atoms with van der Waals surface area (Å²) in [6.07, 6.45) is 4.02. The van der Waals surface area contributed by atoms with Gasteiger partial charge in [0.25, 0.3) is 0 Å². The van der Waals surface area contributed by atoms with E-state index in [0.29, 0.717) is 0 Å². The van der Waals surface area contributed by atoms with Crippen molar-refractivity contribution < 1.29 is 5.11 Å². The fourth-order valence-corrected chi connectivity index (χ4v) is 11.6. The fraction of sp³-hybridized carbons (Fsp3) is 0.0909. The third-order valence-corrected chi connectivity index (χ3v) is 13.3. The minimum atomic E-state index is -2.61. The molecule has 0 amide bonds. The molecule has 0 aliphatic rings. The predicted octanol–water partition coefficient (Wildman–Crippen LogP) is 2.71. The maximum atomic E-state index is 9.21. The molecule has 1 N–H and O–H groups in total. The van der Waals surface area contributed by atoms with E-state index >= 15 is 0 Å². The Morgan fingerprint density at radius 2 is 0.958 bits per heavy atom. The average molecular weight is 377 g/mol. The first-order valence-electron chi connectivity index (χ1n) is 8.19. The second-order valence-electron chi connectivity index (χ2n) is 5.65. The summed E-state index contributed by atoms with van der Waals surface area (Å²) < 4.78 is 4.28. The van der Waals surface area contributed by atoms with Gasteiger partial charge in [-0.2, -0.15) is 0 Å². The second kappa shape index (κ2) is 8.15. The Morgan fingerprint density at radius 3 is 1.29 bits per heavy atom. The van der Waals surface area contributed by atoms with Crippen LogP contribution in [0, 0.1) is 0 Å². The van der Waals surface area contributed by atoms with Crippen LogP contribution in [0.3, 0.4) is 0 Å². The minimum absolute atomic E-state index is 0.0914. The zero-order valence-corrected chi connectivity index (χ0v) is 15.5. The van der Waals surface area contributed by atoms with Crippen LogP contribution < -0.4 is 13.1 Å². The molecule has 0 radical (unpaired) electrons. The van der Waals surface area contributed by atoms with Crippen LogP contribution in [0.5, 0.6) is 0 Å². The van der Waals surface area contributed by atoms with Crippen LogP contribution in [0.25, 0.3) is 0 Å². The van der Waals surface area contributed by atoms with Crippen molar-refractivity contribution in [3.63, 3.8) is 0 Å². The SMILES string of the molecule is OC/C=C\C[As+](c1ccccc1)(c1ccccc1)c1ccccc1. The third-order valence-electron chi connectivity index (χ3n) is 4.24. The number of hydrogen-bond donors (Lipinski definition) is 1. The fourth-order valence-electron chi connectivity index (χ4n) is 3.12. The molecule has 1 nitrogen and oxygen atoms in total. The summed E-state index contributed by atoms with van der Waals surface area (Å²) in [5, 5.41) is 10.2. The van der Waals surface area contributed by atoms with E-state index in [4.69, 9.17) is 0 Å². The Labute approximate surface area is 146 Å². The Kier molecular flexibility index (Phi) is 5.69. The maximum absolute atomic E-state index is 9.21. The molecule has 0 heterocycles. The zero-order chi connectivity index (χ0) is 16.7. The summed E-state index contributed by atoms with van der Waals surface area (Å²) in [6, 6.07) is 32.6. The number of aliphatic hydroxyl groups is 1. The first-order valence-corrected chi connectivity index (χ1v) is 12.3. The summed E-state index contributed by atoms with van der Waals surface area (Å²) in [6.45, 7) is 0.0914. The van der Waals surface area contributed by atoms with Gasteiger partial charge in [-0.15, -0.1) is 0 Å².